The zero-order valence-electron chi connectivity index (χ0n) is 14.2. The second kappa shape index (κ2) is 6.64. The smallest absolute Gasteiger partial charge is 0.164 e. The van der Waals surface area contributed by atoms with Gasteiger partial charge in [0, 0.05) is 17.3 Å². The molecule has 2 aromatic rings. The standard InChI is InChI=1S/C20H21NO3/c1-19(2)23-15-20(3,24-19)17-12-18(14-21-13-17)22-11-7-10-16-8-5-4-6-9-16/h4-6,8-9,12-14H,11,15H2,1-3H3. The monoisotopic (exact) mass is 323 g/mol. The Morgan fingerprint density at radius 1 is 1.17 bits per heavy atom. The quantitative estimate of drug-likeness (QED) is 0.811. The van der Waals surface area contributed by atoms with Crippen LogP contribution in [-0.2, 0) is 15.1 Å². The molecule has 1 saturated heterocycles. The number of aromatic nitrogens is 1. The van der Waals surface area contributed by atoms with Gasteiger partial charge in [-0.05, 0) is 39.0 Å². The highest BCUT2D eigenvalue weighted by Gasteiger charge is 2.43. The number of nitrogens with zero attached hydrogens (tertiary/aromatic N) is 1. The molecule has 0 bridgehead atoms. The fourth-order valence-electron chi connectivity index (χ4n) is 2.62. The number of hydrogen-bond donors (Lipinski definition) is 0. The van der Waals surface area contributed by atoms with Crippen molar-refractivity contribution in [1.29, 1.82) is 0 Å². The van der Waals surface area contributed by atoms with Gasteiger partial charge in [0.15, 0.2) is 5.79 Å². The molecule has 124 valence electrons. The van der Waals surface area contributed by atoms with Crippen LogP contribution in [0, 0.1) is 11.8 Å². The van der Waals surface area contributed by atoms with E-state index >= 15 is 0 Å². The topological polar surface area (TPSA) is 40.6 Å². The van der Waals surface area contributed by atoms with Crippen molar-refractivity contribution in [1.82, 2.24) is 4.98 Å². The van der Waals surface area contributed by atoms with Crippen LogP contribution in [0.3, 0.4) is 0 Å². The Kier molecular flexibility index (Phi) is 4.57. The zero-order chi connectivity index (χ0) is 17.0. The van der Waals surface area contributed by atoms with Crippen molar-refractivity contribution in [2.75, 3.05) is 13.2 Å². The van der Waals surface area contributed by atoms with Gasteiger partial charge in [0.25, 0.3) is 0 Å². The maximum Gasteiger partial charge on any atom is 0.164 e. The molecule has 1 fully saturated rings. The van der Waals surface area contributed by atoms with Crippen molar-refractivity contribution in [2.24, 2.45) is 0 Å². The number of rotatable bonds is 3. The molecule has 3 rings (SSSR count). The van der Waals surface area contributed by atoms with E-state index in [0.29, 0.717) is 19.0 Å². The first kappa shape index (κ1) is 16.5. The Morgan fingerprint density at radius 3 is 2.67 bits per heavy atom. The summed E-state index contributed by atoms with van der Waals surface area (Å²) in [6, 6.07) is 11.8. The molecule has 0 N–H and O–H groups in total. The van der Waals surface area contributed by atoms with E-state index in [2.05, 4.69) is 16.8 Å². The summed E-state index contributed by atoms with van der Waals surface area (Å²) >= 11 is 0. The minimum atomic E-state index is -0.591. The molecule has 1 atom stereocenters. The van der Waals surface area contributed by atoms with Gasteiger partial charge in [0.1, 0.15) is 18.0 Å². The highest BCUT2D eigenvalue weighted by atomic mass is 16.8. The van der Waals surface area contributed by atoms with Crippen LogP contribution in [0.5, 0.6) is 5.75 Å². The van der Waals surface area contributed by atoms with Crippen molar-refractivity contribution in [3.05, 3.63) is 59.9 Å². The van der Waals surface area contributed by atoms with Crippen molar-refractivity contribution >= 4 is 0 Å². The van der Waals surface area contributed by atoms with E-state index in [9.17, 15) is 0 Å². The zero-order valence-corrected chi connectivity index (χ0v) is 14.2. The molecule has 1 aliphatic heterocycles. The SMILES string of the molecule is CC1(C)OCC(C)(c2cncc(OCC#Cc3ccccc3)c2)O1. The average molecular weight is 323 g/mol. The van der Waals surface area contributed by atoms with Crippen LogP contribution in [0.25, 0.3) is 0 Å². The van der Waals surface area contributed by atoms with E-state index in [1.54, 1.807) is 12.4 Å². The molecule has 24 heavy (non-hydrogen) atoms. The molecule has 0 spiro atoms. The molecule has 1 unspecified atom stereocenters. The van der Waals surface area contributed by atoms with Crippen molar-refractivity contribution in [3.63, 3.8) is 0 Å². The van der Waals surface area contributed by atoms with Gasteiger partial charge in [-0.1, -0.05) is 30.0 Å². The molecular weight excluding hydrogens is 302 g/mol. The number of benzene rings is 1. The number of pyridine rings is 1. The normalized spacial score (nSPS) is 21.8. The Morgan fingerprint density at radius 2 is 1.96 bits per heavy atom. The predicted molar refractivity (Wildman–Crippen MR) is 91.5 cm³/mol. The van der Waals surface area contributed by atoms with Crippen LogP contribution in [-0.4, -0.2) is 24.0 Å². The summed E-state index contributed by atoms with van der Waals surface area (Å²) in [7, 11) is 0. The molecule has 4 nitrogen and oxygen atoms in total. The number of hydrogen-bond acceptors (Lipinski definition) is 4. The van der Waals surface area contributed by atoms with E-state index in [-0.39, 0.29) is 0 Å². The second-order valence-corrected chi connectivity index (χ2v) is 6.39. The van der Waals surface area contributed by atoms with Crippen molar-refractivity contribution in [2.45, 2.75) is 32.2 Å². The number of ether oxygens (including phenoxy) is 3. The Balaban J connectivity index is 1.65. The van der Waals surface area contributed by atoms with E-state index in [4.69, 9.17) is 14.2 Å². The van der Waals surface area contributed by atoms with Gasteiger partial charge in [-0.25, -0.2) is 0 Å². The van der Waals surface area contributed by atoms with Gasteiger partial charge in [-0.15, -0.1) is 0 Å². The first-order valence-corrected chi connectivity index (χ1v) is 7.93. The lowest BCUT2D eigenvalue weighted by Gasteiger charge is -2.25. The largest absolute Gasteiger partial charge is 0.479 e. The van der Waals surface area contributed by atoms with Crippen LogP contribution in [0.4, 0.5) is 0 Å². The van der Waals surface area contributed by atoms with Crippen LogP contribution < -0.4 is 4.74 Å². The lowest BCUT2D eigenvalue weighted by molar-refractivity contribution is -0.159. The average Bonchev–Trinajstić information content (AvgIpc) is 2.88. The lowest BCUT2D eigenvalue weighted by Crippen LogP contribution is -2.28. The third kappa shape index (κ3) is 3.94. The Hall–Kier alpha value is -2.35. The van der Waals surface area contributed by atoms with E-state index in [1.165, 1.54) is 0 Å². The summed E-state index contributed by atoms with van der Waals surface area (Å²) in [6.45, 7) is 6.60. The molecule has 1 aromatic carbocycles. The Bertz CT molecular complexity index is 761. The van der Waals surface area contributed by atoms with Gasteiger partial charge in [-0.2, -0.15) is 0 Å². The first-order chi connectivity index (χ1) is 11.5. The summed E-state index contributed by atoms with van der Waals surface area (Å²) < 4.78 is 17.4. The molecular formula is C20H21NO3. The molecule has 4 heteroatoms. The fourth-order valence-corrected chi connectivity index (χ4v) is 2.62. The molecule has 0 radical (unpaired) electrons. The van der Waals surface area contributed by atoms with Gasteiger partial charge < -0.3 is 14.2 Å². The second-order valence-electron chi connectivity index (χ2n) is 6.39. The summed E-state index contributed by atoms with van der Waals surface area (Å²) in [4.78, 5) is 4.25. The fraction of sp³-hybridized carbons (Fsp3) is 0.350. The molecule has 0 amide bonds. The first-order valence-electron chi connectivity index (χ1n) is 7.93. The summed E-state index contributed by atoms with van der Waals surface area (Å²) in [5.41, 5.74) is 1.38. The van der Waals surface area contributed by atoms with Crippen molar-refractivity contribution < 1.29 is 14.2 Å². The van der Waals surface area contributed by atoms with E-state index in [1.807, 2.05) is 57.2 Å². The summed E-state index contributed by atoms with van der Waals surface area (Å²) in [6.07, 6.45) is 3.46. The van der Waals surface area contributed by atoms with Crippen LogP contribution in [0.1, 0.15) is 31.9 Å². The van der Waals surface area contributed by atoms with Crippen molar-refractivity contribution in [3.8, 4) is 17.6 Å². The molecule has 1 aliphatic rings. The van der Waals surface area contributed by atoms with Gasteiger partial charge in [0.2, 0.25) is 0 Å². The predicted octanol–water partition coefficient (Wildman–Crippen LogP) is 3.51. The maximum atomic E-state index is 6.02. The van der Waals surface area contributed by atoms with E-state index in [0.717, 1.165) is 11.1 Å². The van der Waals surface area contributed by atoms with Crippen LogP contribution in [0.15, 0.2) is 48.8 Å². The third-order valence-corrected chi connectivity index (χ3v) is 3.81. The lowest BCUT2D eigenvalue weighted by atomic mass is 9.99. The Labute approximate surface area is 142 Å². The third-order valence-electron chi connectivity index (χ3n) is 3.81. The minimum Gasteiger partial charge on any atom is -0.479 e. The van der Waals surface area contributed by atoms with Gasteiger partial charge >= 0.3 is 0 Å². The molecule has 1 aromatic heterocycles. The van der Waals surface area contributed by atoms with Crippen LogP contribution >= 0.6 is 0 Å². The summed E-state index contributed by atoms with van der Waals surface area (Å²) in [5.74, 6) is 6.15. The van der Waals surface area contributed by atoms with E-state index < -0.39 is 11.4 Å². The molecule has 2 heterocycles. The highest BCUT2D eigenvalue weighted by Crippen LogP contribution is 2.38. The molecule has 0 aliphatic carbocycles. The minimum absolute atomic E-state index is 0.305. The van der Waals surface area contributed by atoms with Crippen LogP contribution in [0.2, 0.25) is 0 Å². The molecule has 0 saturated carbocycles. The summed E-state index contributed by atoms with van der Waals surface area (Å²) in [5, 5.41) is 0. The van der Waals surface area contributed by atoms with Gasteiger partial charge in [0.05, 0.1) is 12.8 Å². The van der Waals surface area contributed by atoms with Gasteiger partial charge in [-0.3, -0.25) is 4.98 Å². The maximum absolute atomic E-state index is 6.02. The highest BCUT2D eigenvalue weighted by molar-refractivity contribution is 5.34.